The van der Waals surface area contributed by atoms with Gasteiger partial charge in [0.05, 0.1) is 0 Å². The summed E-state index contributed by atoms with van der Waals surface area (Å²) >= 11 is 5.94. The van der Waals surface area contributed by atoms with Crippen molar-refractivity contribution in [1.82, 2.24) is 10.2 Å². The van der Waals surface area contributed by atoms with Crippen molar-refractivity contribution < 1.29 is 4.74 Å². The van der Waals surface area contributed by atoms with Crippen molar-refractivity contribution in [3.8, 4) is 5.75 Å². The van der Waals surface area contributed by atoms with Crippen LogP contribution in [0.1, 0.15) is 26.2 Å². The Labute approximate surface area is 127 Å². The van der Waals surface area contributed by atoms with E-state index in [1.165, 1.54) is 32.4 Å². The Morgan fingerprint density at radius 1 is 1.30 bits per heavy atom. The van der Waals surface area contributed by atoms with Crippen molar-refractivity contribution in [2.24, 2.45) is 0 Å². The van der Waals surface area contributed by atoms with Crippen molar-refractivity contribution in [1.29, 1.82) is 0 Å². The molecule has 112 valence electrons. The van der Waals surface area contributed by atoms with Gasteiger partial charge in [-0.1, -0.05) is 24.1 Å². The number of hydrogen-bond acceptors (Lipinski definition) is 3. The molecular formula is C16H25ClN2O. The standard InChI is InChI=1S/C16H25ClN2O/c1-14(20-16-7-5-6-15(17)12-16)13-18-8-11-19-9-3-2-4-10-19/h5-7,12,14,18H,2-4,8-11,13H2,1H3. The monoisotopic (exact) mass is 296 g/mol. The molecule has 1 heterocycles. The summed E-state index contributed by atoms with van der Waals surface area (Å²) in [5.74, 6) is 0.836. The lowest BCUT2D eigenvalue weighted by Crippen LogP contribution is -2.38. The number of nitrogens with zero attached hydrogens (tertiary/aromatic N) is 1. The largest absolute Gasteiger partial charge is 0.489 e. The number of nitrogens with one attached hydrogen (secondary N) is 1. The van der Waals surface area contributed by atoms with Crippen LogP contribution in [0.15, 0.2) is 24.3 Å². The third kappa shape index (κ3) is 5.70. The number of benzene rings is 1. The second-order valence-electron chi connectivity index (χ2n) is 5.49. The van der Waals surface area contributed by atoms with Crippen LogP contribution in [0.4, 0.5) is 0 Å². The van der Waals surface area contributed by atoms with Gasteiger partial charge in [0.2, 0.25) is 0 Å². The Morgan fingerprint density at radius 2 is 2.10 bits per heavy atom. The zero-order valence-corrected chi connectivity index (χ0v) is 13.0. The summed E-state index contributed by atoms with van der Waals surface area (Å²) < 4.78 is 5.83. The molecule has 2 rings (SSSR count). The summed E-state index contributed by atoms with van der Waals surface area (Å²) in [5.41, 5.74) is 0. The number of rotatable bonds is 7. The molecule has 20 heavy (non-hydrogen) atoms. The van der Waals surface area contributed by atoms with E-state index in [9.17, 15) is 0 Å². The number of ether oxygens (including phenoxy) is 1. The zero-order valence-electron chi connectivity index (χ0n) is 12.3. The van der Waals surface area contributed by atoms with Gasteiger partial charge in [-0.15, -0.1) is 0 Å². The molecule has 1 aliphatic heterocycles. The van der Waals surface area contributed by atoms with Gasteiger partial charge in [-0.25, -0.2) is 0 Å². The minimum Gasteiger partial charge on any atom is -0.489 e. The second kappa shape index (κ2) is 8.50. The highest BCUT2D eigenvalue weighted by Crippen LogP contribution is 2.18. The molecule has 0 aliphatic carbocycles. The normalized spacial score (nSPS) is 17.9. The van der Waals surface area contributed by atoms with Crippen molar-refractivity contribution in [2.75, 3.05) is 32.7 Å². The van der Waals surface area contributed by atoms with Gasteiger partial charge < -0.3 is 15.0 Å². The van der Waals surface area contributed by atoms with Crippen LogP contribution in [0, 0.1) is 0 Å². The molecule has 1 N–H and O–H groups in total. The number of piperidine rings is 1. The van der Waals surface area contributed by atoms with Gasteiger partial charge in [-0.3, -0.25) is 0 Å². The van der Waals surface area contributed by atoms with Crippen LogP contribution in [0.2, 0.25) is 5.02 Å². The van der Waals surface area contributed by atoms with E-state index < -0.39 is 0 Å². The first-order valence-corrected chi connectivity index (χ1v) is 7.97. The van der Waals surface area contributed by atoms with Gasteiger partial charge in [0.15, 0.2) is 0 Å². The Balaban J connectivity index is 1.59. The van der Waals surface area contributed by atoms with Crippen LogP contribution < -0.4 is 10.1 Å². The van der Waals surface area contributed by atoms with E-state index in [2.05, 4.69) is 17.1 Å². The highest BCUT2D eigenvalue weighted by molar-refractivity contribution is 6.30. The highest BCUT2D eigenvalue weighted by Gasteiger charge is 2.09. The van der Waals surface area contributed by atoms with Gasteiger partial charge in [0.1, 0.15) is 11.9 Å². The van der Waals surface area contributed by atoms with E-state index in [1.54, 1.807) is 0 Å². The van der Waals surface area contributed by atoms with Gasteiger partial charge >= 0.3 is 0 Å². The van der Waals surface area contributed by atoms with E-state index >= 15 is 0 Å². The van der Waals surface area contributed by atoms with Crippen LogP contribution in [0.3, 0.4) is 0 Å². The van der Waals surface area contributed by atoms with Crippen molar-refractivity contribution in [3.63, 3.8) is 0 Å². The fourth-order valence-corrected chi connectivity index (χ4v) is 2.72. The van der Waals surface area contributed by atoms with Crippen LogP contribution in [0.25, 0.3) is 0 Å². The number of halogens is 1. The predicted molar refractivity (Wildman–Crippen MR) is 84.7 cm³/mol. The second-order valence-corrected chi connectivity index (χ2v) is 5.93. The first-order valence-electron chi connectivity index (χ1n) is 7.59. The number of likely N-dealkylation sites (tertiary alicyclic amines) is 1. The lowest BCUT2D eigenvalue weighted by atomic mass is 10.1. The topological polar surface area (TPSA) is 24.5 Å². The maximum absolute atomic E-state index is 5.94. The molecule has 0 bridgehead atoms. The maximum Gasteiger partial charge on any atom is 0.121 e. The van der Waals surface area contributed by atoms with Crippen LogP contribution in [-0.4, -0.2) is 43.7 Å². The van der Waals surface area contributed by atoms with Crippen molar-refractivity contribution >= 4 is 11.6 Å². The lowest BCUT2D eigenvalue weighted by Gasteiger charge is -2.26. The van der Waals surface area contributed by atoms with Gasteiger partial charge in [-0.2, -0.15) is 0 Å². The molecular weight excluding hydrogens is 272 g/mol. The van der Waals surface area contributed by atoms with Crippen molar-refractivity contribution in [2.45, 2.75) is 32.3 Å². The number of hydrogen-bond donors (Lipinski definition) is 1. The fourth-order valence-electron chi connectivity index (χ4n) is 2.54. The van der Waals surface area contributed by atoms with Crippen LogP contribution in [-0.2, 0) is 0 Å². The molecule has 0 saturated carbocycles. The van der Waals surface area contributed by atoms with E-state index in [0.717, 1.165) is 25.4 Å². The minimum atomic E-state index is 0.148. The maximum atomic E-state index is 5.94. The van der Waals surface area contributed by atoms with Crippen LogP contribution in [0.5, 0.6) is 5.75 Å². The summed E-state index contributed by atoms with van der Waals surface area (Å²) in [6.07, 6.45) is 4.26. The molecule has 1 unspecified atom stereocenters. The van der Waals surface area contributed by atoms with E-state index in [4.69, 9.17) is 16.3 Å². The summed E-state index contributed by atoms with van der Waals surface area (Å²) in [6.45, 7) is 7.63. The molecule has 1 atom stereocenters. The summed E-state index contributed by atoms with van der Waals surface area (Å²) in [6, 6.07) is 7.56. The quantitative estimate of drug-likeness (QED) is 0.782. The molecule has 1 fully saturated rings. The Morgan fingerprint density at radius 3 is 2.85 bits per heavy atom. The molecule has 1 aromatic carbocycles. The SMILES string of the molecule is CC(CNCCN1CCCCC1)Oc1cccc(Cl)c1. The van der Waals surface area contributed by atoms with Gasteiger partial charge in [0.25, 0.3) is 0 Å². The molecule has 0 amide bonds. The van der Waals surface area contributed by atoms with Crippen LogP contribution >= 0.6 is 11.6 Å². The molecule has 3 nitrogen and oxygen atoms in total. The summed E-state index contributed by atoms with van der Waals surface area (Å²) in [7, 11) is 0. The first kappa shape index (κ1) is 15.6. The summed E-state index contributed by atoms with van der Waals surface area (Å²) in [4.78, 5) is 2.54. The van der Waals surface area contributed by atoms with Gasteiger partial charge in [0, 0.05) is 24.7 Å². The lowest BCUT2D eigenvalue weighted by molar-refractivity contribution is 0.203. The smallest absolute Gasteiger partial charge is 0.121 e. The molecule has 1 aliphatic rings. The third-order valence-corrected chi connectivity index (χ3v) is 3.85. The predicted octanol–water partition coefficient (Wildman–Crippen LogP) is 3.18. The third-order valence-electron chi connectivity index (χ3n) is 3.62. The Bertz CT molecular complexity index is 394. The van der Waals surface area contributed by atoms with Crippen molar-refractivity contribution in [3.05, 3.63) is 29.3 Å². The Hall–Kier alpha value is -0.770. The minimum absolute atomic E-state index is 0.148. The summed E-state index contributed by atoms with van der Waals surface area (Å²) in [5, 5.41) is 4.18. The first-order chi connectivity index (χ1) is 9.74. The molecule has 4 heteroatoms. The van der Waals surface area contributed by atoms with E-state index in [0.29, 0.717) is 5.02 Å². The fraction of sp³-hybridized carbons (Fsp3) is 0.625. The highest BCUT2D eigenvalue weighted by atomic mass is 35.5. The Kier molecular flexibility index (Phi) is 6.64. The van der Waals surface area contributed by atoms with Gasteiger partial charge in [-0.05, 0) is 51.1 Å². The molecule has 0 radical (unpaired) electrons. The van der Waals surface area contributed by atoms with E-state index in [-0.39, 0.29) is 6.10 Å². The zero-order chi connectivity index (χ0) is 14.2. The molecule has 1 aromatic rings. The average molecular weight is 297 g/mol. The molecule has 0 spiro atoms. The molecule has 1 saturated heterocycles. The molecule has 0 aromatic heterocycles. The average Bonchev–Trinajstić information content (AvgIpc) is 2.45. The van der Waals surface area contributed by atoms with E-state index in [1.807, 2.05) is 24.3 Å².